The van der Waals surface area contributed by atoms with Crippen molar-refractivity contribution in [2.24, 2.45) is 0 Å². The van der Waals surface area contributed by atoms with Crippen molar-refractivity contribution >= 4 is 35.2 Å². The number of nitrogens with one attached hydrogen (secondary N) is 1. The van der Waals surface area contributed by atoms with E-state index in [4.69, 9.17) is 0 Å². The number of hydrogen-bond donors (Lipinski definition) is 1. The van der Waals surface area contributed by atoms with Crippen molar-refractivity contribution in [3.8, 4) is 0 Å². The molecule has 0 aliphatic carbocycles. The summed E-state index contributed by atoms with van der Waals surface area (Å²) in [6, 6.07) is 2.47. The number of thioether (sulfide) groups is 2. The Bertz CT molecular complexity index is 373. The van der Waals surface area contributed by atoms with E-state index in [0.717, 1.165) is 29.1 Å². The van der Waals surface area contributed by atoms with E-state index >= 15 is 0 Å². The first-order chi connectivity index (χ1) is 8.62. The van der Waals surface area contributed by atoms with E-state index in [9.17, 15) is 0 Å². The van der Waals surface area contributed by atoms with Crippen molar-refractivity contribution in [1.29, 1.82) is 0 Å². The molecule has 0 bridgehead atoms. The fourth-order valence-electron chi connectivity index (χ4n) is 1.54. The number of anilines is 2. The highest BCUT2D eigenvalue weighted by molar-refractivity contribution is 7.98. The molecule has 0 aliphatic rings. The summed E-state index contributed by atoms with van der Waals surface area (Å²) in [6.45, 7) is 5.15. The smallest absolute Gasteiger partial charge is 0.191 e. The Labute approximate surface area is 118 Å². The maximum absolute atomic E-state index is 4.57. The minimum Gasteiger partial charge on any atom is -0.370 e. The molecule has 0 fully saturated rings. The van der Waals surface area contributed by atoms with Gasteiger partial charge in [-0.3, -0.25) is 0 Å². The first-order valence-electron chi connectivity index (χ1n) is 6.01. The van der Waals surface area contributed by atoms with Crippen LogP contribution in [0.4, 0.5) is 11.6 Å². The van der Waals surface area contributed by atoms with Crippen LogP contribution in [0.1, 0.15) is 13.8 Å². The lowest BCUT2D eigenvalue weighted by molar-refractivity contribution is 0.742. The summed E-state index contributed by atoms with van der Waals surface area (Å²) in [4.78, 5) is 11.2. The first kappa shape index (κ1) is 15.4. The average molecular weight is 286 g/mol. The molecular formula is C12H22N4S2. The van der Waals surface area contributed by atoms with E-state index in [2.05, 4.69) is 47.3 Å². The molecule has 18 heavy (non-hydrogen) atoms. The molecule has 0 radical (unpaired) electrons. The molecule has 0 saturated heterocycles. The van der Waals surface area contributed by atoms with Crippen LogP contribution in [0.3, 0.4) is 0 Å². The van der Waals surface area contributed by atoms with Gasteiger partial charge in [-0.05, 0) is 26.4 Å². The van der Waals surface area contributed by atoms with E-state index in [1.54, 1.807) is 11.8 Å². The topological polar surface area (TPSA) is 41.0 Å². The van der Waals surface area contributed by atoms with Gasteiger partial charge in [0, 0.05) is 31.5 Å². The summed E-state index contributed by atoms with van der Waals surface area (Å²) in [5.74, 6) is 2.97. The molecule has 102 valence electrons. The molecule has 1 aromatic rings. The summed E-state index contributed by atoms with van der Waals surface area (Å²) in [5, 5.41) is 4.06. The zero-order valence-corrected chi connectivity index (χ0v) is 13.4. The SMILES string of the molecule is CCNc1cc(N(C)C(C)CSC)nc(SC)n1. The predicted octanol–water partition coefficient (Wildman–Crippen LogP) is 2.82. The van der Waals surface area contributed by atoms with Crippen LogP contribution in [0.15, 0.2) is 11.2 Å². The van der Waals surface area contributed by atoms with Gasteiger partial charge in [-0.1, -0.05) is 11.8 Å². The van der Waals surface area contributed by atoms with Crippen molar-refractivity contribution < 1.29 is 0 Å². The van der Waals surface area contributed by atoms with Crippen LogP contribution in [0.2, 0.25) is 0 Å². The third-order valence-electron chi connectivity index (χ3n) is 2.66. The van der Waals surface area contributed by atoms with Crippen LogP contribution in [0.5, 0.6) is 0 Å². The van der Waals surface area contributed by atoms with Crippen molar-refractivity contribution in [3.63, 3.8) is 0 Å². The van der Waals surface area contributed by atoms with Crippen LogP contribution >= 0.6 is 23.5 Å². The van der Waals surface area contributed by atoms with Gasteiger partial charge in [0.1, 0.15) is 11.6 Å². The third-order valence-corrected chi connectivity index (χ3v) is 4.03. The van der Waals surface area contributed by atoms with E-state index in [1.165, 1.54) is 0 Å². The number of aromatic nitrogens is 2. The van der Waals surface area contributed by atoms with Crippen LogP contribution in [0, 0.1) is 0 Å². The normalized spacial score (nSPS) is 12.3. The molecule has 1 aromatic heterocycles. The number of hydrogen-bond acceptors (Lipinski definition) is 6. The molecule has 1 atom stereocenters. The van der Waals surface area contributed by atoms with Crippen molar-refractivity contribution in [2.75, 3.05) is 42.1 Å². The van der Waals surface area contributed by atoms with Gasteiger partial charge in [-0.2, -0.15) is 11.8 Å². The molecular weight excluding hydrogens is 264 g/mol. The van der Waals surface area contributed by atoms with Gasteiger partial charge >= 0.3 is 0 Å². The zero-order valence-electron chi connectivity index (χ0n) is 11.7. The second-order valence-corrected chi connectivity index (χ2v) is 5.73. The van der Waals surface area contributed by atoms with Gasteiger partial charge in [-0.25, -0.2) is 9.97 Å². The highest BCUT2D eigenvalue weighted by atomic mass is 32.2. The van der Waals surface area contributed by atoms with Crippen molar-refractivity contribution in [3.05, 3.63) is 6.07 Å². The fourth-order valence-corrected chi connectivity index (χ4v) is 2.62. The molecule has 1 heterocycles. The van der Waals surface area contributed by atoms with E-state index < -0.39 is 0 Å². The maximum Gasteiger partial charge on any atom is 0.191 e. The molecule has 1 unspecified atom stereocenters. The molecule has 6 heteroatoms. The highest BCUT2D eigenvalue weighted by Crippen LogP contribution is 2.21. The summed E-state index contributed by atoms with van der Waals surface area (Å²) < 4.78 is 0. The lowest BCUT2D eigenvalue weighted by Gasteiger charge is -2.26. The lowest BCUT2D eigenvalue weighted by atomic mass is 10.3. The Morgan fingerprint density at radius 2 is 2.11 bits per heavy atom. The van der Waals surface area contributed by atoms with Crippen LogP contribution < -0.4 is 10.2 Å². The van der Waals surface area contributed by atoms with Gasteiger partial charge in [0.05, 0.1) is 0 Å². The van der Waals surface area contributed by atoms with Gasteiger partial charge in [-0.15, -0.1) is 0 Å². The fraction of sp³-hybridized carbons (Fsp3) is 0.667. The molecule has 0 spiro atoms. The molecule has 0 amide bonds. The molecule has 1 rings (SSSR count). The molecule has 0 aromatic carbocycles. The minimum atomic E-state index is 0.457. The monoisotopic (exact) mass is 286 g/mol. The molecule has 4 nitrogen and oxygen atoms in total. The molecule has 1 N–H and O–H groups in total. The summed E-state index contributed by atoms with van der Waals surface area (Å²) in [7, 11) is 2.09. The van der Waals surface area contributed by atoms with Gasteiger partial charge in [0.25, 0.3) is 0 Å². The van der Waals surface area contributed by atoms with Gasteiger partial charge in [0.2, 0.25) is 0 Å². The van der Waals surface area contributed by atoms with E-state index in [0.29, 0.717) is 6.04 Å². The summed E-state index contributed by atoms with van der Waals surface area (Å²) in [6.07, 6.45) is 4.13. The van der Waals surface area contributed by atoms with E-state index in [1.807, 2.05) is 24.1 Å². The second kappa shape index (κ2) is 7.74. The summed E-state index contributed by atoms with van der Waals surface area (Å²) >= 11 is 3.42. The largest absolute Gasteiger partial charge is 0.370 e. The minimum absolute atomic E-state index is 0.457. The predicted molar refractivity (Wildman–Crippen MR) is 84.2 cm³/mol. The third kappa shape index (κ3) is 4.24. The Morgan fingerprint density at radius 3 is 2.67 bits per heavy atom. The second-order valence-electron chi connectivity index (χ2n) is 4.04. The maximum atomic E-state index is 4.57. The van der Waals surface area contributed by atoms with Crippen LogP contribution in [-0.2, 0) is 0 Å². The number of rotatable bonds is 7. The van der Waals surface area contributed by atoms with Crippen molar-refractivity contribution in [2.45, 2.75) is 25.0 Å². The Kier molecular flexibility index (Phi) is 6.63. The first-order valence-corrected chi connectivity index (χ1v) is 8.62. The zero-order chi connectivity index (χ0) is 13.5. The number of nitrogens with zero attached hydrogens (tertiary/aromatic N) is 3. The van der Waals surface area contributed by atoms with E-state index in [-0.39, 0.29) is 0 Å². The molecule has 0 saturated carbocycles. The standard InChI is InChI=1S/C12H22N4S2/c1-6-13-10-7-11(15-12(14-10)18-5)16(3)9(2)8-17-4/h7,9H,6,8H2,1-5H3,(H,13,14,15). The molecule has 0 aliphatic heterocycles. The summed E-state index contributed by atoms with van der Waals surface area (Å²) in [5.41, 5.74) is 0. The van der Waals surface area contributed by atoms with Crippen LogP contribution in [0.25, 0.3) is 0 Å². The quantitative estimate of drug-likeness (QED) is 0.614. The van der Waals surface area contributed by atoms with Crippen molar-refractivity contribution in [1.82, 2.24) is 9.97 Å². The Balaban J connectivity index is 2.95. The van der Waals surface area contributed by atoms with Gasteiger partial charge in [0.15, 0.2) is 5.16 Å². The highest BCUT2D eigenvalue weighted by Gasteiger charge is 2.13. The Hall–Kier alpha value is -0.620. The lowest BCUT2D eigenvalue weighted by Crippen LogP contribution is -2.31. The average Bonchev–Trinajstić information content (AvgIpc) is 2.38. The van der Waals surface area contributed by atoms with Gasteiger partial charge < -0.3 is 10.2 Å². The Morgan fingerprint density at radius 1 is 1.39 bits per heavy atom. The van der Waals surface area contributed by atoms with Crippen LogP contribution in [-0.4, -0.2) is 47.9 Å².